The number of thiophene rings is 1. The molecule has 1 amide bonds. The predicted octanol–water partition coefficient (Wildman–Crippen LogP) is 3.72. The summed E-state index contributed by atoms with van der Waals surface area (Å²) in [7, 11) is 0. The molecule has 4 heteroatoms. The van der Waals surface area contributed by atoms with E-state index in [9.17, 15) is 4.79 Å². The molecule has 1 aromatic rings. The van der Waals surface area contributed by atoms with Gasteiger partial charge in [-0.2, -0.15) is 0 Å². The number of piperidine rings is 1. The number of nitrogens with zero attached hydrogens (tertiary/aromatic N) is 1. The molecule has 1 aromatic heterocycles. The summed E-state index contributed by atoms with van der Waals surface area (Å²) < 4.78 is 0. The van der Waals surface area contributed by atoms with Crippen molar-refractivity contribution in [3.63, 3.8) is 0 Å². The summed E-state index contributed by atoms with van der Waals surface area (Å²) in [4.78, 5) is 16.9. The van der Waals surface area contributed by atoms with Crippen molar-refractivity contribution in [2.24, 2.45) is 5.92 Å². The van der Waals surface area contributed by atoms with Crippen molar-refractivity contribution in [3.8, 4) is 0 Å². The molecule has 1 fully saturated rings. The van der Waals surface area contributed by atoms with Crippen LogP contribution in [0.3, 0.4) is 0 Å². The number of fused-ring (bicyclic) bond motifs is 1. The fourth-order valence-corrected chi connectivity index (χ4v) is 4.57. The third kappa shape index (κ3) is 2.82. The smallest absolute Gasteiger partial charge is 0.263 e. The molecule has 0 aromatic carbocycles. The Bertz CT molecular complexity index is 439. The number of carbonyl (C=O) groups excluding carboxylic acids is 1. The first kappa shape index (κ1) is 13.4. The summed E-state index contributed by atoms with van der Waals surface area (Å²) in [6.07, 6.45) is 7.00. The summed E-state index contributed by atoms with van der Waals surface area (Å²) >= 11 is 7.62. The molecule has 1 saturated heterocycles. The van der Waals surface area contributed by atoms with Gasteiger partial charge < -0.3 is 4.90 Å². The minimum atomic E-state index is 0.243. The minimum absolute atomic E-state index is 0.243. The summed E-state index contributed by atoms with van der Waals surface area (Å²) in [5, 5.41) is 0. The van der Waals surface area contributed by atoms with E-state index in [1.54, 1.807) is 11.3 Å². The molecule has 0 atom stereocenters. The Balaban J connectivity index is 1.68. The van der Waals surface area contributed by atoms with Crippen molar-refractivity contribution < 1.29 is 4.79 Å². The van der Waals surface area contributed by atoms with Gasteiger partial charge in [0.1, 0.15) is 0 Å². The van der Waals surface area contributed by atoms with E-state index in [-0.39, 0.29) is 5.91 Å². The maximum Gasteiger partial charge on any atom is 0.263 e. The Hall–Kier alpha value is -0.540. The van der Waals surface area contributed by atoms with Crippen molar-refractivity contribution >= 4 is 28.8 Å². The van der Waals surface area contributed by atoms with Crippen LogP contribution in [0.4, 0.5) is 0 Å². The average Bonchev–Trinajstić information content (AvgIpc) is 2.90. The number of hydrogen-bond acceptors (Lipinski definition) is 2. The zero-order chi connectivity index (χ0) is 13.2. The lowest BCUT2D eigenvalue weighted by atomic mass is 9.98. The fourth-order valence-electron chi connectivity index (χ4n) is 3.04. The topological polar surface area (TPSA) is 20.3 Å². The van der Waals surface area contributed by atoms with E-state index in [2.05, 4.69) is 6.07 Å². The normalized spacial score (nSPS) is 20.4. The Kier molecular flexibility index (Phi) is 4.13. The largest absolute Gasteiger partial charge is 0.338 e. The Morgan fingerprint density at radius 3 is 2.74 bits per heavy atom. The molecule has 0 radical (unpaired) electrons. The molecule has 0 unspecified atom stereocenters. The molecule has 0 N–H and O–H groups in total. The Morgan fingerprint density at radius 2 is 2.05 bits per heavy atom. The molecule has 0 saturated carbocycles. The van der Waals surface area contributed by atoms with Gasteiger partial charge in [-0.25, -0.2) is 0 Å². The standard InChI is InChI=1S/C15H20ClNOS/c16-10-11-5-7-17(8-6-11)15(18)14-9-12-3-1-2-4-13(12)19-14/h9,11H,1-8,10H2. The quantitative estimate of drug-likeness (QED) is 0.762. The minimum Gasteiger partial charge on any atom is -0.338 e. The van der Waals surface area contributed by atoms with E-state index in [0.717, 1.165) is 43.1 Å². The van der Waals surface area contributed by atoms with Gasteiger partial charge in [-0.3, -0.25) is 4.79 Å². The van der Waals surface area contributed by atoms with Crippen molar-refractivity contribution in [1.29, 1.82) is 0 Å². The lowest BCUT2D eigenvalue weighted by molar-refractivity contribution is 0.0703. The van der Waals surface area contributed by atoms with Crippen LogP contribution >= 0.6 is 22.9 Å². The van der Waals surface area contributed by atoms with Crippen LogP contribution in [-0.2, 0) is 12.8 Å². The maximum atomic E-state index is 12.5. The summed E-state index contributed by atoms with van der Waals surface area (Å²) in [5.41, 5.74) is 1.43. The molecular formula is C15H20ClNOS. The molecule has 0 bridgehead atoms. The van der Waals surface area contributed by atoms with Crippen LogP contribution in [-0.4, -0.2) is 29.8 Å². The van der Waals surface area contributed by atoms with E-state index < -0.39 is 0 Å². The van der Waals surface area contributed by atoms with E-state index in [1.807, 2.05) is 4.90 Å². The maximum absolute atomic E-state index is 12.5. The van der Waals surface area contributed by atoms with E-state index in [1.165, 1.54) is 29.7 Å². The van der Waals surface area contributed by atoms with E-state index in [4.69, 9.17) is 11.6 Å². The van der Waals surface area contributed by atoms with Crippen LogP contribution in [0.1, 0.15) is 45.8 Å². The predicted molar refractivity (Wildman–Crippen MR) is 80.3 cm³/mol. The van der Waals surface area contributed by atoms with Crippen molar-refractivity contribution in [2.75, 3.05) is 19.0 Å². The van der Waals surface area contributed by atoms with Crippen LogP contribution in [0, 0.1) is 5.92 Å². The number of halogens is 1. The molecule has 3 rings (SSSR count). The van der Waals surface area contributed by atoms with Gasteiger partial charge in [0.15, 0.2) is 0 Å². The number of carbonyl (C=O) groups is 1. The number of aryl methyl sites for hydroxylation is 2. The lowest BCUT2D eigenvalue weighted by Crippen LogP contribution is -2.38. The highest BCUT2D eigenvalue weighted by atomic mass is 35.5. The SMILES string of the molecule is O=C(c1cc2c(s1)CCCC2)N1CCC(CCl)CC1. The summed E-state index contributed by atoms with van der Waals surface area (Å²) in [6, 6.07) is 2.15. The van der Waals surface area contributed by atoms with Crippen molar-refractivity contribution in [1.82, 2.24) is 4.90 Å². The Labute approximate surface area is 123 Å². The molecular weight excluding hydrogens is 278 g/mol. The van der Waals surface area contributed by atoms with Gasteiger partial charge in [0.25, 0.3) is 5.91 Å². The second kappa shape index (κ2) is 5.84. The molecule has 1 aliphatic heterocycles. The van der Waals surface area contributed by atoms with Crippen molar-refractivity contribution in [3.05, 3.63) is 21.4 Å². The van der Waals surface area contributed by atoms with Crippen LogP contribution in [0.15, 0.2) is 6.07 Å². The number of amides is 1. The molecule has 0 spiro atoms. The second-order valence-electron chi connectivity index (χ2n) is 5.66. The van der Waals surface area contributed by atoms with Gasteiger partial charge in [0.2, 0.25) is 0 Å². The van der Waals surface area contributed by atoms with Gasteiger partial charge in [-0.05, 0) is 56.1 Å². The molecule has 1 aliphatic carbocycles. The third-order valence-electron chi connectivity index (χ3n) is 4.33. The second-order valence-corrected chi connectivity index (χ2v) is 7.10. The monoisotopic (exact) mass is 297 g/mol. The van der Waals surface area contributed by atoms with Gasteiger partial charge >= 0.3 is 0 Å². The lowest BCUT2D eigenvalue weighted by Gasteiger charge is -2.30. The van der Waals surface area contributed by atoms with Gasteiger partial charge in [0, 0.05) is 23.8 Å². The van der Waals surface area contributed by atoms with Crippen LogP contribution in [0.2, 0.25) is 0 Å². The molecule has 2 nitrogen and oxygen atoms in total. The highest BCUT2D eigenvalue weighted by Gasteiger charge is 2.25. The number of hydrogen-bond donors (Lipinski definition) is 0. The Morgan fingerprint density at radius 1 is 1.32 bits per heavy atom. The summed E-state index contributed by atoms with van der Waals surface area (Å²) in [5.74, 6) is 1.57. The van der Waals surface area contributed by atoms with Crippen LogP contribution < -0.4 is 0 Å². The highest BCUT2D eigenvalue weighted by molar-refractivity contribution is 7.14. The average molecular weight is 298 g/mol. The summed E-state index contributed by atoms with van der Waals surface area (Å²) in [6.45, 7) is 1.75. The zero-order valence-corrected chi connectivity index (χ0v) is 12.7. The number of rotatable bonds is 2. The molecule has 2 heterocycles. The molecule has 19 heavy (non-hydrogen) atoms. The highest BCUT2D eigenvalue weighted by Crippen LogP contribution is 2.31. The number of likely N-dealkylation sites (tertiary alicyclic amines) is 1. The molecule has 104 valence electrons. The first-order valence-corrected chi connectivity index (χ1v) is 8.60. The van der Waals surface area contributed by atoms with E-state index >= 15 is 0 Å². The van der Waals surface area contributed by atoms with Gasteiger partial charge in [-0.15, -0.1) is 22.9 Å². The van der Waals surface area contributed by atoms with Gasteiger partial charge in [-0.1, -0.05) is 0 Å². The van der Waals surface area contributed by atoms with Crippen molar-refractivity contribution in [2.45, 2.75) is 38.5 Å². The molecule has 2 aliphatic rings. The zero-order valence-electron chi connectivity index (χ0n) is 11.2. The first-order chi connectivity index (χ1) is 9.28. The van der Waals surface area contributed by atoms with Crippen LogP contribution in [0.5, 0.6) is 0 Å². The van der Waals surface area contributed by atoms with Gasteiger partial charge in [0.05, 0.1) is 4.88 Å². The van der Waals surface area contributed by atoms with E-state index in [0.29, 0.717) is 5.92 Å². The number of alkyl halides is 1. The first-order valence-electron chi connectivity index (χ1n) is 7.24. The van der Waals surface area contributed by atoms with Crippen LogP contribution in [0.25, 0.3) is 0 Å². The fraction of sp³-hybridized carbons (Fsp3) is 0.667. The third-order valence-corrected chi connectivity index (χ3v) is 5.99.